The molecule has 0 aromatic heterocycles. The maximum atomic E-state index is 11.6. The maximum absolute atomic E-state index is 11.6. The van der Waals surface area contributed by atoms with Crippen LogP contribution < -0.4 is 10.6 Å². The van der Waals surface area contributed by atoms with Gasteiger partial charge in [0.1, 0.15) is 0 Å². The summed E-state index contributed by atoms with van der Waals surface area (Å²) < 4.78 is 0.999. The zero-order valence-corrected chi connectivity index (χ0v) is 11.7. The van der Waals surface area contributed by atoms with E-state index in [-0.39, 0.29) is 18.1 Å². The topological polar surface area (TPSA) is 61.4 Å². The van der Waals surface area contributed by atoms with Crippen molar-refractivity contribution in [1.82, 2.24) is 10.6 Å². The Bertz CT molecular complexity index is 433. The number of halogens is 1. The van der Waals surface area contributed by atoms with Crippen molar-refractivity contribution >= 4 is 22.0 Å². The molecule has 18 heavy (non-hydrogen) atoms. The minimum Gasteiger partial charge on any atom is -0.396 e. The lowest BCUT2D eigenvalue weighted by Gasteiger charge is -2.13. The summed E-state index contributed by atoms with van der Waals surface area (Å²) in [7, 11) is 0. The molecule has 4 nitrogen and oxygen atoms in total. The van der Waals surface area contributed by atoms with Gasteiger partial charge in [0, 0.05) is 23.0 Å². The number of carbonyl (C=O) groups is 1. The highest BCUT2D eigenvalue weighted by Gasteiger charge is 2.42. The van der Waals surface area contributed by atoms with Gasteiger partial charge in [-0.25, -0.2) is 4.79 Å². The Kier molecular flexibility index (Phi) is 4.24. The van der Waals surface area contributed by atoms with Gasteiger partial charge in [-0.2, -0.15) is 0 Å². The van der Waals surface area contributed by atoms with Crippen molar-refractivity contribution in [1.29, 1.82) is 0 Å². The summed E-state index contributed by atoms with van der Waals surface area (Å²) in [5.74, 6) is 0. The van der Waals surface area contributed by atoms with Crippen molar-refractivity contribution in [3.63, 3.8) is 0 Å². The number of nitrogens with one attached hydrogen (secondary N) is 2. The van der Waals surface area contributed by atoms with Gasteiger partial charge in [0.05, 0.1) is 6.61 Å². The predicted octanol–water partition coefficient (Wildman–Crippen LogP) is 2.02. The van der Waals surface area contributed by atoms with Crippen LogP contribution in [0.4, 0.5) is 4.79 Å². The van der Waals surface area contributed by atoms with Crippen molar-refractivity contribution in [3.05, 3.63) is 34.3 Å². The van der Waals surface area contributed by atoms with Crippen LogP contribution in [0.1, 0.15) is 18.4 Å². The Morgan fingerprint density at radius 2 is 2.17 bits per heavy atom. The summed E-state index contributed by atoms with van der Waals surface area (Å²) in [5, 5.41) is 14.7. The Morgan fingerprint density at radius 1 is 1.39 bits per heavy atom. The maximum Gasteiger partial charge on any atom is 0.315 e. The molecule has 2 rings (SSSR count). The van der Waals surface area contributed by atoms with Gasteiger partial charge in [-0.1, -0.05) is 28.1 Å². The molecule has 1 fully saturated rings. The zero-order chi connectivity index (χ0) is 13.0. The molecule has 5 heteroatoms. The van der Waals surface area contributed by atoms with Crippen LogP contribution in [0.25, 0.3) is 0 Å². The van der Waals surface area contributed by atoms with E-state index in [1.54, 1.807) is 0 Å². The molecule has 1 saturated carbocycles. The van der Waals surface area contributed by atoms with Gasteiger partial charge in [0.15, 0.2) is 0 Å². The third kappa shape index (κ3) is 3.71. The number of aliphatic hydroxyl groups is 1. The lowest BCUT2D eigenvalue weighted by molar-refractivity contribution is 0.203. The number of carbonyl (C=O) groups excluding carboxylic acids is 1. The minimum absolute atomic E-state index is 0.0485. The van der Waals surface area contributed by atoms with Gasteiger partial charge >= 0.3 is 6.03 Å². The molecule has 0 bridgehead atoms. The quantitative estimate of drug-likeness (QED) is 0.779. The lowest BCUT2D eigenvalue weighted by atomic mass is 10.1. The normalized spacial score (nSPS) is 16.1. The molecular weight excluding hydrogens is 296 g/mol. The van der Waals surface area contributed by atoms with Crippen molar-refractivity contribution in [2.75, 3.05) is 13.2 Å². The van der Waals surface area contributed by atoms with Gasteiger partial charge in [0.2, 0.25) is 0 Å². The molecule has 1 aromatic rings. The first-order valence-corrected chi connectivity index (χ1v) is 6.80. The number of urea groups is 1. The summed E-state index contributed by atoms with van der Waals surface area (Å²) >= 11 is 3.39. The van der Waals surface area contributed by atoms with Crippen molar-refractivity contribution in [2.45, 2.75) is 19.4 Å². The highest BCUT2D eigenvalue weighted by Crippen LogP contribution is 2.44. The van der Waals surface area contributed by atoms with E-state index in [0.717, 1.165) is 22.9 Å². The average molecular weight is 313 g/mol. The Morgan fingerprint density at radius 3 is 2.78 bits per heavy atom. The zero-order valence-electron chi connectivity index (χ0n) is 10.1. The Labute approximate surface area is 115 Å². The molecule has 0 saturated heterocycles. The number of benzene rings is 1. The number of hydrogen-bond donors (Lipinski definition) is 3. The second-order valence-electron chi connectivity index (χ2n) is 4.82. The summed E-state index contributed by atoms with van der Waals surface area (Å²) in [6.45, 7) is 1.20. The van der Waals surface area contributed by atoms with Crippen molar-refractivity contribution in [3.8, 4) is 0 Å². The van der Waals surface area contributed by atoms with E-state index < -0.39 is 0 Å². The summed E-state index contributed by atoms with van der Waals surface area (Å²) in [6.07, 6.45) is 1.99. The molecule has 2 amide bonds. The fraction of sp³-hybridized carbons (Fsp3) is 0.462. The van der Waals surface area contributed by atoms with E-state index in [4.69, 9.17) is 5.11 Å². The first kappa shape index (κ1) is 13.4. The van der Waals surface area contributed by atoms with Crippen LogP contribution >= 0.6 is 15.9 Å². The highest BCUT2D eigenvalue weighted by atomic mass is 79.9. The third-order valence-corrected chi connectivity index (χ3v) is 3.75. The van der Waals surface area contributed by atoms with Crippen LogP contribution in [0.5, 0.6) is 0 Å². The molecule has 1 aromatic carbocycles. The van der Waals surface area contributed by atoms with Crippen molar-refractivity contribution < 1.29 is 9.90 Å². The molecule has 0 heterocycles. The highest BCUT2D eigenvalue weighted by molar-refractivity contribution is 9.10. The van der Waals surface area contributed by atoms with Crippen LogP contribution in [0, 0.1) is 5.41 Å². The van der Waals surface area contributed by atoms with Gasteiger partial charge in [-0.3, -0.25) is 0 Å². The monoisotopic (exact) mass is 312 g/mol. The molecule has 3 N–H and O–H groups in total. The number of hydrogen-bond acceptors (Lipinski definition) is 2. The van der Waals surface area contributed by atoms with Gasteiger partial charge < -0.3 is 15.7 Å². The van der Waals surface area contributed by atoms with Gasteiger partial charge in [-0.15, -0.1) is 0 Å². The second kappa shape index (κ2) is 5.71. The molecule has 0 unspecified atom stereocenters. The number of aliphatic hydroxyl groups excluding tert-OH is 1. The van der Waals surface area contributed by atoms with Gasteiger partial charge in [0.25, 0.3) is 0 Å². The number of rotatable bonds is 5. The van der Waals surface area contributed by atoms with E-state index in [9.17, 15) is 4.79 Å². The van der Waals surface area contributed by atoms with E-state index in [0.29, 0.717) is 13.1 Å². The SMILES string of the molecule is O=C(NCc1cccc(Br)c1)NCC1(CO)CC1. The molecular formula is C13H17BrN2O2. The molecule has 98 valence electrons. The summed E-state index contributed by atoms with van der Waals surface area (Å²) in [6, 6.07) is 7.62. The molecule has 1 aliphatic rings. The smallest absolute Gasteiger partial charge is 0.315 e. The van der Waals surface area contributed by atoms with E-state index in [2.05, 4.69) is 26.6 Å². The first-order chi connectivity index (χ1) is 8.63. The van der Waals surface area contributed by atoms with E-state index in [1.165, 1.54) is 0 Å². The first-order valence-electron chi connectivity index (χ1n) is 6.01. The van der Waals surface area contributed by atoms with E-state index in [1.807, 2.05) is 24.3 Å². The molecule has 0 radical (unpaired) electrons. The number of amides is 2. The molecule has 1 aliphatic carbocycles. The van der Waals surface area contributed by atoms with Crippen molar-refractivity contribution in [2.24, 2.45) is 5.41 Å². The average Bonchev–Trinajstić information content (AvgIpc) is 3.15. The van der Waals surface area contributed by atoms with Crippen LogP contribution in [-0.2, 0) is 6.54 Å². The fourth-order valence-corrected chi connectivity index (χ4v) is 2.17. The third-order valence-electron chi connectivity index (χ3n) is 3.26. The second-order valence-corrected chi connectivity index (χ2v) is 5.74. The Balaban J connectivity index is 1.72. The standard InChI is InChI=1S/C13H17BrN2O2/c14-11-3-1-2-10(6-11)7-15-12(18)16-8-13(9-17)4-5-13/h1-3,6,17H,4-5,7-9H2,(H2,15,16,18). The van der Waals surface area contributed by atoms with Crippen LogP contribution in [0.3, 0.4) is 0 Å². The van der Waals surface area contributed by atoms with Gasteiger partial charge in [-0.05, 0) is 30.5 Å². The molecule has 0 spiro atoms. The van der Waals surface area contributed by atoms with E-state index >= 15 is 0 Å². The minimum atomic E-state index is -0.185. The fourth-order valence-electron chi connectivity index (χ4n) is 1.73. The molecule has 0 atom stereocenters. The van der Waals surface area contributed by atoms with Crippen LogP contribution in [0.2, 0.25) is 0 Å². The lowest BCUT2D eigenvalue weighted by Crippen LogP contribution is -2.39. The summed E-state index contributed by atoms with van der Waals surface area (Å²) in [5.41, 5.74) is 0.996. The Hall–Kier alpha value is -1.07. The van der Waals surface area contributed by atoms with Crippen LogP contribution in [-0.4, -0.2) is 24.3 Å². The summed E-state index contributed by atoms with van der Waals surface area (Å²) in [4.78, 5) is 11.6. The predicted molar refractivity (Wildman–Crippen MR) is 73.1 cm³/mol. The van der Waals surface area contributed by atoms with Crippen LogP contribution in [0.15, 0.2) is 28.7 Å². The molecule has 0 aliphatic heterocycles. The largest absolute Gasteiger partial charge is 0.396 e.